The Hall–Kier alpha value is -4.03. The van der Waals surface area contributed by atoms with Gasteiger partial charge in [0.2, 0.25) is 0 Å². The summed E-state index contributed by atoms with van der Waals surface area (Å²) >= 11 is 1.44. The molecule has 0 bridgehead atoms. The third kappa shape index (κ3) is 4.22. The summed E-state index contributed by atoms with van der Waals surface area (Å²) in [6.07, 6.45) is 0. The number of amides is 1. The van der Waals surface area contributed by atoms with Gasteiger partial charge in [-0.2, -0.15) is 0 Å². The van der Waals surface area contributed by atoms with Crippen molar-refractivity contribution in [2.75, 3.05) is 10.6 Å². The Labute approximate surface area is 188 Å². The molecule has 2 N–H and O–H groups in total. The van der Waals surface area contributed by atoms with Gasteiger partial charge in [-0.25, -0.2) is 9.37 Å². The predicted molar refractivity (Wildman–Crippen MR) is 129 cm³/mol. The molecule has 0 unspecified atom stereocenters. The highest BCUT2D eigenvalue weighted by molar-refractivity contribution is 7.14. The lowest BCUT2D eigenvalue weighted by Gasteiger charge is -2.08. The Morgan fingerprint density at radius 2 is 1.62 bits per heavy atom. The van der Waals surface area contributed by atoms with Crippen molar-refractivity contribution in [3.63, 3.8) is 0 Å². The topological polar surface area (TPSA) is 54.0 Å². The fraction of sp³-hybridized carbons (Fsp3) is 0. The van der Waals surface area contributed by atoms with Gasteiger partial charge in [0.1, 0.15) is 5.82 Å². The van der Waals surface area contributed by atoms with E-state index >= 15 is 0 Å². The van der Waals surface area contributed by atoms with Crippen molar-refractivity contribution in [1.29, 1.82) is 0 Å². The van der Waals surface area contributed by atoms with Gasteiger partial charge in [-0.1, -0.05) is 54.6 Å². The zero-order valence-electron chi connectivity index (χ0n) is 16.9. The van der Waals surface area contributed by atoms with Crippen molar-refractivity contribution in [2.24, 2.45) is 0 Å². The fourth-order valence-corrected chi connectivity index (χ4v) is 4.24. The van der Waals surface area contributed by atoms with Crippen LogP contribution in [-0.4, -0.2) is 10.9 Å². The highest BCUT2D eigenvalue weighted by Crippen LogP contribution is 2.28. The molecular formula is C26H18FN3OS. The molecule has 0 spiro atoms. The molecule has 0 saturated carbocycles. The van der Waals surface area contributed by atoms with E-state index < -0.39 is 0 Å². The molecule has 1 amide bonds. The Morgan fingerprint density at radius 1 is 0.844 bits per heavy atom. The van der Waals surface area contributed by atoms with E-state index in [1.165, 1.54) is 23.5 Å². The van der Waals surface area contributed by atoms with Crippen molar-refractivity contribution in [1.82, 2.24) is 4.98 Å². The van der Waals surface area contributed by atoms with E-state index in [-0.39, 0.29) is 11.7 Å². The van der Waals surface area contributed by atoms with Gasteiger partial charge in [0, 0.05) is 27.9 Å². The second kappa shape index (κ2) is 8.61. The summed E-state index contributed by atoms with van der Waals surface area (Å²) in [5, 5.41) is 10.6. The van der Waals surface area contributed by atoms with Crippen molar-refractivity contribution >= 4 is 44.5 Å². The van der Waals surface area contributed by atoms with Crippen molar-refractivity contribution in [3.8, 4) is 11.3 Å². The van der Waals surface area contributed by atoms with Crippen molar-refractivity contribution < 1.29 is 9.18 Å². The summed E-state index contributed by atoms with van der Waals surface area (Å²) < 4.78 is 13.4. The molecule has 4 nitrogen and oxygen atoms in total. The molecule has 0 fully saturated rings. The number of rotatable bonds is 5. The average Bonchev–Trinajstić information content (AvgIpc) is 3.27. The van der Waals surface area contributed by atoms with E-state index in [2.05, 4.69) is 15.6 Å². The minimum Gasteiger partial charge on any atom is -0.331 e. The Kier molecular flexibility index (Phi) is 5.35. The van der Waals surface area contributed by atoms with Crippen LogP contribution in [0.1, 0.15) is 10.4 Å². The number of thiazole rings is 1. The maximum atomic E-state index is 13.4. The average molecular weight is 440 g/mol. The number of hydrogen-bond acceptors (Lipinski definition) is 4. The van der Waals surface area contributed by atoms with Gasteiger partial charge in [0.05, 0.1) is 5.69 Å². The molecule has 5 aromatic rings. The van der Waals surface area contributed by atoms with Crippen LogP contribution in [0.4, 0.5) is 20.9 Å². The van der Waals surface area contributed by atoms with Crippen LogP contribution in [0.3, 0.4) is 0 Å². The van der Waals surface area contributed by atoms with Crippen LogP contribution in [0.5, 0.6) is 0 Å². The van der Waals surface area contributed by atoms with Crippen LogP contribution in [-0.2, 0) is 0 Å². The number of benzene rings is 4. The van der Waals surface area contributed by atoms with E-state index in [0.29, 0.717) is 22.1 Å². The van der Waals surface area contributed by atoms with Crippen LogP contribution < -0.4 is 10.6 Å². The van der Waals surface area contributed by atoms with Gasteiger partial charge < -0.3 is 10.6 Å². The van der Waals surface area contributed by atoms with E-state index in [4.69, 9.17) is 0 Å². The number of aromatic nitrogens is 1. The predicted octanol–water partition coefficient (Wildman–Crippen LogP) is 7.10. The first kappa shape index (κ1) is 19.9. The Morgan fingerprint density at radius 3 is 2.47 bits per heavy atom. The molecule has 0 aliphatic heterocycles. The lowest BCUT2D eigenvalue weighted by molar-refractivity contribution is 0.102. The number of nitrogens with one attached hydrogen (secondary N) is 2. The highest BCUT2D eigenvalue weighted by Gasteiger charge is 2.11. The molecule has 0 radical (unpaired) electrons. The van der Waals surface area contributed by atoms with Gasteiger partial charge in [0.15, 0.2) is 5.13 Å². The number of halogens is 1. The SMILES string of the molecule is O=C(Nc1ccc(-c2csc(Nc3cccc(F)c3)n2)cc1)c1cccc2ccccc12. The number of nitrogens with zero attached hydrogens (tertiary/aromatic N) is 1. The number of hydrogen-bond donors (Lipinski definition) is 2. The molecule has 32 heavy (non-hydrogen) atoms. The molecule has 0 aliphatic carbocycles. The normalized spacial score (nSPS) is 10.8. The molecule has 6 heteroatoms. The van der Waals surface area contributed by atoms with Gasteiger partial charge in [-0.3, -0.25) is 4.79 Å². The van der Waals surface area contributed by atoms with Crippen LogP contribution in [0.2, 0.25) is 0 Å². The Balaban J connectivity index is 1.30. The maximum absolute atomic E-state index is 13.4. The molecule has 156 valence electrons. The minimum atomic E-state index is -0.298. The summed E-state index contributed by atoms with van der Waals surface area (Å²) in [4.78, 5) is 17.4. The summed E-state index contributed by atoms with van der Waals surface area (Å²) in [6.45, 7) is 0. The van der Waals surface area contributed by atoms with Crippen molar-refractivity contribution in [3.05, 3.63) is 108 Å². The fourth-order valence-electron chi connectivity index (χ4n) is 3.50. The van der Waals surface area contributed by atoms with Crippen LogP contribution in [0.25, 0.3) is 22.0 Å². The van der Waals surface area contributed by atoms with Crippen LogP contribution in [0.15, 0.2) is 96.4 Å². The smallest absolute Gasteiger partial charge is 0.256 e. The zero-order chi connectivity index (χ0) is 21.9. The standard InChI is InChI=1S/C26H18FN3OS/c27-19-7-4-8-21(15-19)29-26-30-24(16-32-26)18-11-13-20(14-12-18)28-25(31)23-10-3-6-17-5-1-2-9-22(17)23/h1-16H,(H,28,31)(H,29,30). The number of carbonyl (C=O) groups is 1. The number of carbonyl (C=O) groups excluding carboxylic acids is 1. The minimum absolute atomic E-state index is 0.148. The number of fused-ring (bicyclic) bond motifs is 1. The monoisotopic (exact) mass is 439 g/mol. The number of anilines is 3. The van der Waals surface area contributed by atoms with E-state index in [9.17, 15) is 9.18 Å². The lowest BCUT2D eigenvalue weighted by Crippen LogP contribution is -2.12. The largest absolute Gasteiger partial charge is 0.331 e. The molecule has 1 heterocycles. The molecule has 5 rings (SSSR count). The summed E-state index contributed by atoms with van der Waals surface area (Å²) in [7, 11) is 0. The first-order valence-electron chi connectivity index (χ1n) is 10.0. The first-order valence-corrected chi connectivity index (χ1v) is 10.9. The first-order chi connectivity index (χ1) is 15.7. The van der Waals surface area contributed by atoms with Gasteiger partial charge in [0.25, 0.3) is 5.91 Å². The van der Waals surface area contributed by atoms with Crippen molar-refractivity contribution in [2.45, 2.75) is 0 Å². The van der Waals surface area contributed by atoms with Gasteiger partial charge in [-0.05, 0) is 47.2 Å². The molecule has 0 atom stereocenters. The summed E-state index contributed by atoms with van der Waals surface area (Å²) in [5.41, 5.74) is 3.73. The zero-order valence-corrected chi connectivity index (χ0v) is 17.7. The maximum Gasteiger partial charge on any atom is 0.256 e. The van der Waals surface area contributed by atoms with E-state index in [1.807, 2.05) is 72.1 Å². The quantitative estimate of drug-likeness (QED) is 0.307. The highest BCUT2D eigenvalue weighted by atomic mass is 32.1. The Bertz CT molecular complexity index is 1410. The van der Waals surface area contributed by atoms with Gasteiger partial charge >= 0.3 is 0 Å². The van der Waals surface area contributed by atoms with Crippen LogP contribution >= 0.6 is 11.3 Å². The molecular weight excluding hydrogens is 421 g/mol. The summed E-state index contributed by atoms with van der Waals surface area (Å²) in [5.74, 6) is -0.447. The molecule has 4 aromatic carbocycles. The molecule has 0 saturated heterocycles. The van der Waals surface area contributed by atoms with E-state index in [1.54, 1.807) is 12.1 Å². The summed E-state index contributed by atoms with van der Waals surface area (Å²) in [6, 6.07) is 27.4. The van der Waals surface area contributed by atoms with Gasteiger partial charge in [-0.15, -0.1) is 11.3 Å². The van der Waals surface area contributed by atoms with Crippen LogP contribution in [0, 0.1) is 5.82 Å². The third-order valence-electron chi connectivity index (χ3n) is 5.05. The molecule has 1 aromatic heterocycles. The third-order valence-corrected chi connectivity index (χ3v) is 5.81. The van der Waals surface area contributed by atoms with E-state index in [0.717, 1.165) is 22.0 Å². The lowest BCUT2D eigenvalue weighted by atomic mass is 10.0. The molecule has 0 aliphatic rings. The second-order valence-corrected chi connectivity index (χ2v) is 8.09. The second-order valence-electron chi connectivity index (χ2n) is 7.23.